The second kappa shape index (κ2) is 6.72. The number of nitrogens with zero attached hydrogens (tertiary/aromatic N) is 1. The van der Waals surface area contributed by atoms with Crippen LogP contribution in [0.4, 0.5) is 5.69 Å². The van der Waals surface area contributed by atoms with Crippen LogP contribution in [0.1, 0.15) is 12.8 Å². The Morgan fingerprint density at radius 3 is 2.80 bits per heavy atom. The highest BCUT2D eigenvalue weighted by Crippen LogP contribution is 2.21. The minimum atomic E-state index is -0.756. The van der Waals surface area contributed by atoms with Gasteiger partial charge >= 0.3 is 5.97 Å². The number of nitrogens with one attached hydrogen (secondary N) is 1. The highest BCUT2D eigenvalue weighted by atomic mass is 35.5. The second-order valence-electron chi connectivity index (χ2n) is 4.90. The molecule has 6 heteroatoms. The molecule has 0 aliphatic carbocycles. The third-order valence-corrected chi connectivity index (χ3v) is 3.75. The van der Waals surface area contributed by atoms with Gasteiger partial charge in [0.05, 0.1) is 16.6 Å². The van der Waals surface area contributed by atoms with Gasteiger partial charge in [-0.05, 0) is 25.1 Å². The molecule has 1 fully saturated rings. The van der Waals surface area contributed by atoms with E-state index >= 15 is 0 Å². The number of para-hydroxylation sites is 1. The van der Waals surface area contributed by atoms with E-state index in [1.165, 1.54) is 0 Å². The monoisotopic (exact) mass is 296 g/mol. The largest absolute Gasteiger partial charge is 0.481 e. The lowest BCUT2D eigenvalue weighted by atomic mass is 10.1. The smallest absolute Gasteiger partial charge is 0.307 e. The molecule has 0 spiro atoms. The maximum absolute atomic E-state index is 11.8. The summed E-state index contributed by atoms with van der Waals surface area (Å²) in [6, 6.07) is 7.07. The highest BCUT2D eigenvalue weighted by molar-refractivity contribution is 6.33. The molecule has 1 saturated heterocycles. The standard InChI is InChI=1S/C14H17ClN2O3/c15-11-3-1-2-4-12(11)16-13(18)6-8-17-7-5-10(9-17)14(19)20/h1-4,10H,5-9H2,(H,16,18)(H,19,20). The third kappa shape index (κ3) is 3.95. The van der Waals surface area contributed by atoms with Crippen molar-refractivity contribution in [3.8, 4) is 0 Å². The number of benzene rings is 1. The molecule has 5 nitrogen and oxygen atoms in total. The highest BCUT2D eigenvalue weighted by Gasteiger charge is 2.27. The Balaban J connectivity index is 1.76. The van der Waals surface area contributed by atoms with Crippen LogP contribution in [0, 0.1) is 5.92 Å². The summed E-state index contributed by atoms with van der Waals surface area (Å²) in [5.74, 6) is -1.17. The van der Waals surface area contributed by atoms with Gasteiger partial charge < -0.3 is 15.3 Å². The normalized spacial score (nSPS) is 18.9. The predicted octanol–water partition coefficient (Wildman–Crippen LogP) is 2.08. The Morgan fingerprint density at radius 2 is 2.15 bits per heavy atom. The number of carbonyl (C=O) groups is 2. The molecule has 1 aliphatic heterocycles. The molecule has 1 atom stereocenters. The number of hydrogen-bond acceptors (Lipinski definition) is 3. The summed E-state index contributed by atoms with van der Waals surface area (Å²) >= 11 is 5.96. The summed E-state index contributed by atoms with van der Waals surface area (Å²) in [7, 11) is 0. The number of carbonyl (C=O) groups excluding carboxylic acids is 1. The molecule has 0 aromatic heterocycles. The molecule has 0 bridgehead atoms. The van der Waals surface area contributed by atoms with Crippen LogP contribution in [0.3, 0.4) is 0 Å². The van der Waals surface area contributed by atoms with E-state index in [0.717, 1.165) is 6.54 Å². The van der Waals surface area contributed by atoms with Gasteiger partial charge in [0, 0.05) is 19.5 Å². The van der Waals surface area contributed by atoms with Crippen molar-refractivity contribution in [2.75, 3.05) is 25.0 Å². The topological polar surface area (TPSA) is 69.6 Å². The van der Waals surface area contributed by atoms with Gasteiger partial charge in [-0.15, -0.1) is 0 Å². The molecule has 0 saturated carbocycles. The Bertz CT molecular complexity index is 507. The average molecular weight is 297 g/mol. The van der Waals surface area contributed by atoms with E-state index in [0.29, 0.717) is 36.6 Å². The molecular formula is C14H17ClN2O3. The van der Waals surface area contributed by atoms with Crippen LogP contribution in [-0.4, -0.2) is 41.5 Å². The number of anilines is 1. The number of amides is 1. The number of likely N-dealkylation sites (tertiary alicyclic amines) is 1. The van der Waals surface area contributed by atoms with Gasteiger partial charge in [0.1, 0.15) is 0 Å². The van der Waals surface area contributed by atoms with Crippen molar-refractivity contribution in [3.05, 3.63) is 29.3 Å². The maximum atomic E-state index is 11.8. The van der Waals surface area contributed by atoms with Gasteiger partial charge in [-0.25, -0.2) is 0 Å². The van der Waals surface area contributed by atoms with Crippen LogP contribution in [0.5, 0.6) is 0 Å². The lowest BCUT2D eigenvalue weighted by Gasteiger charge is -2.15. The van der Waals surface area contributed by atoms with E-state index in [9.17, 15) is 9.59 Å². The van der Waals surface area contributed by atoms with E-state index < -0.39 is 5.97 Å². The number of carboxylic acid groups (broad SMARTS) is 1. The molecule has 20 heavy (non-hydrogen) atoms. The van der Waals surface area contributed by atoms with Crippen molar-refractivity contribution in [2.45, 2.75) is 12.8 Å². The Morgan fingerprint density at radius 1 is 1.40 bits per heavy atom. The first-order valence-corrected chi connectivity index (χ1v) is 6.93. The van der Waals surface area contributed by atoms with Gasteiger partial charge in [0.25, 0.3) is 0 Å². The van der Waals surface area contributed by atoms with Crippen molar-refractivity contribution < 1.29 is 14.7 Å². The molecular weight excluding hydrogens is 280 g/mol. The summed E-state index contributed by atoms with van der Waals surface area (Å²) in [6.07, 6.45) is 0.985. The van der Waals surface area contributed by atoms with Crippen molar-refractivity contribution >= 4 is 29.2 Å². The lowest BCUT2D eigenvalue weighted by molar-refractivity contribution is -0.141. The molecule has 1 unspecified atom stereocenters. The van der Waals surface area contributed by atoms with Crippen LogP contribution in [0.2, 0.25) is 5.02 Å². The van der Waals surface area contributed by atoms with Gasteiger partial charge in [0.2, 0.25) is 5.91 Å². The molecule has 1 aromatic carbocycles. The fourth-order valence-corrected chi connectivity index (χ4v) is 2.46. The third-order valence-electron chi connectivity index (χ3n) is 3.42. The molecule has 108 valence electrons. The zero-order valence-corrected chi connectivity index (χ0v) is 11.8. The first-order valence-electron chi connectivity index (χ1n) is 6.56. The summed E-state index contributed by atoms with van der Waals surface area (Å²) in [5, 5.41) is 12.2. The van der Waals surface area contributed by atoms with Gasteiger partial charge in [0.15, 0.2) is 0 Å². The quantitative estimate of drug-likeness (QED) is 0.873. The van der Waals surface area contributed by atoms with Crippen LogP contribution in [-0.2, 0) is 9.59 Å². The molecule has 2 N–H and O–H groups in total. The van der Waals surface area contributed by atoms with Crippen molar-refractivity contribution in [3.63, 3.8) is 0 Å². The number of aliphatic carboxylic acids is 1. The second-order valence-corrected chi connectivity index (χ2v) is 5.31. The zero-order valence-electron chi connectivity index (χ0n) is 11.0. The van der Waals surface area contributed by atoms with E-state index in [-0.39, 0.29) is 11.8 Å². The van der Waals surface area contributed by atoms with Gasteiger partial charge in [-0.1, -0.05) is 23.7 Å². The fourth-order valence-electron chi connectivity index (χ4n) is 2.27. The Labute approximate surface area is 122 Å². The molecule has 0 radical (unpaired) electrons. The SMILES string of the molecule is O=C(CCN1CCC(C(=O)O)C1)Nc1ccccc1Cl. The summed E-state index contributed by atoms with van der Waals surface area (Å²) in [6.45, 7) is 1.82. The molecule has 1 aliphatic rings. The van der Waals surface area contributed by atoms with Gasteiger partial charge in [-0.2, -0.15) is 0 Å². The number of halogens is 1. The van der Waals surface area contributed by atoms with E-state index in [4.69, 9.17) is 16.7 Å². The lowest BCUT2D eigenvalue weighted by Crippen LogP contribution is -2.27. The van der Waals surface area contributed by atoms with Crippen LogP contribution < -0.4 is 5.32 Å². The van der Waals surface area contributed by atoms with E-state index in [1.54, 1.807) is 24.3 Å². The van der Waals surface area contributed by atoms with Crippen molar-refractivity contribution in [1.82, 2.24) is 4.90 Å². The maximum Gasteiger partial charge on any atom is 0.307 e. The molecule has 1 aromatic rings. The zero-order chi connectivity index (χ0) is 14.5. The van der Waals surface area contributed by atoms with Crippen molar-refractivity contribution in [1.29, 1.82) is 0 Å². The number of rotatable bonds is 5. The van der Waals surface area contributed by atoms with Crippen molar-refractivity contribution in [2.24, 2.45) is 5.92 Å². The van der Waals surface area contributed by atoms with Crippen LogP contribution in [0.15, 0.2) is 24.3 Å². The van der Waals surface area contributed by atoms with Crippen LogP contribution in [0.25, 0.3) is 0 Å². The first-order chi connectivity index (χ1) is 9.56. The van der Waals surface area contributed by atoms with E-state index in [1.807, 2.05) is 4.90 Å². The summed E-state index contributed by atoms with van der Waals surface area (Å²) in [5.41, 5.74) is 0.601. The predicted molar refractivity (Wildman–Crippen MR) is 76.9 cm³/mol. The molecule has 1 heterocycles. The molecule has 1 amide bonds. The Hall–Kier alpha value is -1.59. The molecule has 2 rings (SSSR count). The van der Waals surface area contributed by atoms with E-state index in [2.05, 4.69) is 5.32 Å². The summed E-state index contributed by atoms with van der Waals surface area (Å²) < 4.78 is 0. The van der Waals surface area contributed by atoms with Gasteiger partial charge in [-0.3, -0.25) is 9.59 Å². The number of carboxylic acids is 1. The minimum Gasteiger partial charge on any atom is -0.481 e. The fraction of sp³-hybridized carbons (Fsp3) is 0.429. The first kappa shape index (κ1) is 14.8. The van der Waals surface area contributed by atoms with Crippen LogP contribution >= 0.6 is 11.6 Å². The minimum absolute atomic E-state index is 0.114. The number of hydrogen-bond donors (Lipinski definition) is 2. The summed E-state index contributed by atoms with van der Waals surface area (Å²) in [4.78, 5) is 24.7. The Kier molecular flexibility index (Phi) is 4.98. The average Bonchev–Trinajstić information content (AvgIpc) is 2.88.